The summed E-state index contributed by atoms with van der Waals surface area (Å²) in [5.41, 5.74) is -0.745. The van der Waals surface area contributed by atoms with Crippen LogP contribution in [0.25, 0.3) is 0 Å². The summed E-state index contributed by atoms with van der Waals surface area (Å²) in [6.07, 6.45) is 0.775. The molecule has 3 nitrogen and oxygen atoms in total. The largest absolute Gasteiger partial charge is 0.469 e. The number of hydrogen-bond acceptors (Lipinski definition) is 3. The molecule has 0 heterocycles. The van der Waals surface area contributed by atoms with Gasteiger partial charge < -0.3 is 9.47 Å². The van der Waals surface area contributed by atoms with Gasteiger partial charge in [-0.1, -0.05) is 34.6 Å². The molecule has 0 saturated heterocycles. The van der Waals surface area contributed by atoms with Crippen LogP contribution >= 0.6 is 0 Å². The Morgan fingerprint density at radius 1 is 1.19 bits per heavy atom. The van der Waals surface area contributed by atoms with Crippen LogP contribution in [0.5, 0.6) is 0 Å². The Labute approximate surface area is 99.5 Å². The number of carbonyl (C=O) groups is 1. The van der Waals surface area contributed by atoms with Crippen LogP contribution < -0.4 is 0 Å². The van der Waals surface area contributed by atoms with E-state index in [0.29, 0.717) is 12.5 Å². The van der Waals surface area contributed by atoms with Gasteiger partial charge in [-0.15, -0.1) is 0 Å². The second-order valence-electron chi connectivity index (χ2n) is 5.85. The summed E-state index contributed by atoms with van der Waals surface area (Å²) in [5, 5.41) is 0. The predicted octanol–water partition coefficient (Wildman–Crippen LogP) is 2.88. The smallest absolute Gasteiger partial charge is 0.314 e. The molecule has 0 rings (SSSR count). The van der Waals surface area contributed by atoms with Gasteiger partial charge in [0.25, 0.3) is 0 Å². The summed E-state index contributed by atoms with van der Waals surface area (Å²) in [6, 6.07) is 0. The topological polar surface area (TPSA) is 35.5 Å². The highest BCUT2D eigenvalue weighted by Gasteiger charge is 2.49. The fraction of sp³-hybridized carbons (Fsp3) is 0.923. The maximum atomic E-state index is 12.1. The van der Waals surface area contributed by atoms with Gasteiger partial charge in [-0.25, -0.2) is 0 Å². The first-order valence-corrected chi connectivity index (χ1v) is 5.78. The molecule has 0 saturated carbocycles. The van der Waals surface area contributed by atoms with Crippen LogP contribution in [0.1, 0.15) is 41.0 Å². The van der Waals surface area contributed by atoms with Crippen molar-refractivity contribution >= 4 is 5.97 Å². The van der Waals surface area contributed by atoms with Crippen molar-refractivity contribution in [3.8, 4) is 0 Å². The average molecular weight is 230 g/mol. The number of rotatable bonds is 5. The lowest BCUT2D eigenvalue weighted by Crippen LogP contribution is -2.48. The molecule has 0 N–H and O–H groups in total. The molecule has 0 aliphatic carbocycles. The minimum atomic E-state index is -0.565. The Kier molecular flexibility index (Phi) is 5.47. The van der Waals surface area contributed by atoms with E-state index >= 15 is 0 Å². The van der Waals surface area contributed by atoms with Crippen LogP contribution in [0.4, 0.5) is 0 Å². The minimum absolute atomic E-state index is 0.171. The lowest BCUT2D eigenvalue weighted by Gasteiger charge is -2.42. The molecule has 3 heteroatoms. The fourth-order valence-corrected chi connectivity index (χ4v) is 2.17. The van der Waals surface area contributed by atoms with Crippen molar-refractivity contribution in [1.29, 1.82) is 0 Å². The normalized spacial score (nSPS) is 16.0. The molecule has 0 aromatic heterocycles. The van der Waals surface area contributed by atoms with E-state index in [2.05, 4.69) is 34.6 Å². The van der Waals surface area contributed by atoms with E-state index in [1.54, 1.807) is 7.11 Å². The molecule has 0 bridgehead atoms. The lowest BCUT2D eigenvalue weighted by atomic mass is 9.63. The molecular weight excluding hydrogens is 204 g/mol. The zero-order chi connectivity index (χ0) is 13.0. The zero-order valence-corrected chi connectivity index (χ0v) is 11.7. The van der Waals surface area contributed by atoms with Crippen molar-refractivity contribution in [2.75, 3.05) is 20.8 Å². The summed E-state index contributed by atoms with van der Waals surface area (Å²) in [7, 11) is 3.07. The summed E-state index contributed by atoms with van der Waals surface area (Å²) >= 11 is 0. The molecule has 0 fully saturated rings. The summed E-state index contributed by atoms with van der Waals surface area (Å²) in [4.78, 5) is 12.1. The van der Waals surface area contributed by atoms with Crippen molar-refractivity contribution < 1.29 is 14.3 Å². The summed E-state index contributed by atoms with van der Waals surface area (Å²) < 4.78 is 10.2. The Hall–Kier alpha value is -0.570. The molecule has 0 amide bonds. The van der Waals surface area contributed by atoms with E-state index in [1.165, 1.54) is 7.11 Å². The fourth-order valence-electron chi connectivity index (χ4n) is 2.17. The van der Waals surface area contributed by atoms with Crippen LogP contribution in [0, 0.1) is 16.7 Å². The van der Waals surface area contributed by atoms with E-state index in [9.17, 15) is 4.79 Å². The molecule has 96 valence electrons. The van der Waals surface area contributed by atoms with Crippen LogP contribution in [-0.4, -0.2) is 26.8 Å². The quantitative estimate of drug-likeness (QED) is 0.681. The first-order chi connectivity index (χ1) is 7.21. The number of hydrogen-bond donors (Lipinski definition) is 0. The highest BCUT2D eigenvalue weighted by Crippen LogP contribution is 2.44. The van der Waals surface area contributed by atoms with Crippen LogP contribution in [-0.2, 0) is 14.3 Å². The van der Waals surface area contributed by atoms with E-state index in [-0.39, 0.29) is 11.4 Å². The highest BCUT2D eigenvalue weighted by molar-refractivity contribution is 5.78. The molecule has 1 atom stereocenters. The molecule has 0 aromatic carbocycles. The van der Waals surface area contributed by atoms with Crippen LogP contribution in [0.15, 0.2) is 0 Å². The van der Waals surface area contributed by atoms with Crippen LogP contribution in [0.2, 0.25) is 0 Å². The van der Waals surface area contributed by atoms with E-state index < -0.39 is 5.41 Å². The number of carbonyl (C=O) groups excluding carboxylic acids is 1. The molecular formula is C13H26O3. The van der Waals surface area contributed by atoms with Gasteiger partial charge in [-0.05, 0) is 17.8 Å². The minimum Gasteiger partial charge on any atom is -0.469 e. The average Bonchev–Trinajstić information content (AvgIpc) is 2.13. The van der Waals surface area contributed by atoms with Gasteiger partial charge in [0.05, 0.1) is 19.1 Å². The number of ether oxygens (including phenoxy) is 2. The second-order valence-corrected chi connectivity index (χ2v) is 5.85. The van der Waals surface area contributed by atoms with Crippen molar-refractivity contribution in [3.63, 3.8) is 0 Å². The van der Waals surface area contributed by atoms with Gasteiger partial charge in [0.15, 0.2) is 0 Å². The molecule has 16 heavy (non-hydrogen) atoms. The van der Waals surface area contributed by atoms with Gasteiger partial charge in [0.1, 0.15) is 0 Å². The van der Waals surface area contributed by atoms with Crippen LogP contribution in [0.3, 0.4) is 0 Å². The van der Waals surface area contributed by atoms with Gasteiger partial charge >= 0.3 is 5.97 Å². The third kappa shape index (κ3) is 3.21. The van der Waals surface area contributed by atoms with Crippen molar-refractivity contribution in [2.24, 2.45) is 16.7 Å². The maximum absolute atomic E-state index is 12.1. The third-order valence-corrected chi connectivity index (χ3v) is 3.16. The first kappa shape index (κ1) is 15.4. The van der Waals surface area contributed by atoms with Gasteiger partial charge in [0.2, 0.25) is 0 Å². The maximum Gasteiger partial charge on any atom is 0.314 e. The Morgan fingerprint density at radius 3 is 1.94 bits per heavy atom. The third-order valence-electron chi connectivity index (χ3n) is 3.16. The first-order valence-electron chi connectivity index (χ1n) is 5.78. The van der Waals surface area contributed by atoms with E-state index in [1.807, 2.05) is 0 Å². The molecule has 0 radical (unpaired) electrons. The Bertz CT molecular complexity index is 228. The lowest BCUT2D eigenvalue weighted by molar-refractivity contribution is -0.167. The molecule has 0 aliphatic heterocycles. The van der Waals surface area contributed by atoms with Gasteiger partial charge in [-0.2, -0.15) is 0 Å². The molecule has 1 unspecified atom stereocenters. The van der Waals surface area contributed by atoms with E-state index in [0.717, 1.165) is 6.42 Å². The summed E-state index contributed by atoms with van der Waals surface area (Å²) in [6.45, 7) is 10.8. The van der Waals surface area contributed by atoms with E-state index in [4.69, 9.17) is 9.47 Å². The molecule has 0 aromatic rings. The highest BCUT2D eigenvalue weighted by atomic mass is 16.5. The van der Waals surface area contributed by atoms with Gasteiger partial charge in [-0.3, -0.25) is 4.79 Å². The number of esters is 1. The SMILES string of the molecule is COCC(CC(C)C)(C(=O)OC)C(C)(C)C. The van der Waals surface area contributed by atoms with Crippen molar-refractivity contribution in [2.45, 2.75) is 41.0 Å². The summed E-state index contributed by atoms with van der Waals surface area (Å²) in [5.74, 6) is 0.254. The monoisotopic (exact) mass is 230 g/mol. The Morgan fingerprint density at radius 2 is 1.69 bits per heavy atom. The Balaban J connectivity index is 5.30. The molecule has 0 aliphatic rings. The standard InChI is InChI=1S/C13H26O3/c1-10(2)8-13(9-15-6,11(14)16-7)12(3,4)5/h10H,8-9H2,1-7H3. The predicted molar refractivity (Wildman–Crippen MR) is 65.2 cm³/mol. The van der Waals surface area contributed by atoms with Crippen molar-refractivity contribution in [3.05, 3.63) is 0 Å². The second kappa shape index (κ2) is 5.67. The van der Waals surface area contributed by atoms with Gasteiger partial charge in [0, 0.05) is 7.11 Å². The molecule has 0 spiro atoms. The van der Waals surface area contributed by atoms with Crippen molar-refractivity contribution in [1.82, 2.24) is 0 Å². The zero-order valence-electron chi connectivity index (χ0n) is 11.7. The number of methoxy groups -OCH3 is 2.